The van der Waals surface area contributed by atoms with Crippen LogP contribution in [-0.4, -0.2) is 32.0 Å². The molecule has 1 rings (SSSR count). The fourth-order valence-electron chi connectivity index (χ4n) is 1.47. The van der Waals surface area contributed by atoms with Crippen LogP contribution in [0.3, 0.4) is 0 Å². The van der Waals surface area contributed by atoms with Crippen molar-refractivity contribution in [1.82, 2.24) is 0 Å². The molecule has 0 heterocycles. The van der Waals surface area contributed by atoms with E-state index in [0.717, 1.165) is 5.56 Å². The zero-order valence-corrected chi connectivity index (χ0v) is 10.6. The van der Waals surface area contributed by atoms with Gasteiger partial charge in [-0.15, -0.1) is 0 Å². The van der Waals surface area contributed by atoms with E-state index in [1.165, 1.54) is 0 Å². The van der Waals surface area contributed by atoms with Gasteiger partial charge in [0, 0.05) is 18.2 Å². The zero-order valence-electron chi connectivity index (χ0n) is 10.6. The molecule has 4 heteroatoms. The first-order chi connectivity index (χ1) is 8.19. The van der Waals surface area contributed by atoms with Gasteiger partial charge in [-0.2, -0.15) is 0 Å². The van der Waals surface area contributed by atoms with Gasteiger partial charge in [0.05, 0.1) is 19.8 Å². The topological polar surface area (TPSA) is 47.9 Å². The molecule has 0 aliphatic rings. The molecule has 4 nitrogen and oxygen atoms in total. The molecule has 17 heavy (non-hydrogen) atoms. The molecular weight excluding hydrogens is 220 g/mol. The van der Waals surface area contributed by atoms with E-state index in [2.05, 4.69) is 0 Å². The molecule has 0 bridgehead atoms. The summed E-state index contributed by atoms with van der Waals surface area (Å²) in [7, 11) is 1.60. The molecule has 0 fully saturated rings. The SMILES string of the molecule is CCOCCOc1cc(OC)ccc1[C@H](C)O. The van der Waals surface area contributed by atoms with Crippen molar-refractivity contribution >= 4 is 0 Å². The molecule has 1 atom stereocenters. The second-order valence-electron chi connectivity index (χ2n) is 3.63. The third-order valence-electron chi connectivity index (χ3n) is 2.36. The smallest absolute Gasteiger partial charge is 0.128 e. The first-order valence-corrected chi connectivity index (χ1v) is 5.75. The molecule has 1 aromatic rings. The zero-order chi connectivity index (χ0) is 12.7. The molecule has 0 aliphatic carbocycles. The predicted octanol–water partition coefficient (Wildman–Crippen LogP) is 2.16. The van der Waals surface area contributed by atoms with Crippen LogP contribution < -0.4 is 9.47 Å². The van der Waals surface area contributed by atoms with Crippen molar-refractivity contribution < 1.29 is 19.3 Å². The average Bonchev–Trinajstić information content (AvgIpc) is 2.34. The van der Waals surface area contributed by atoms with Crippen LogP contribution in [0.1, 0.15) is 25.5 Å². The summed E-state index contributed by atoms with van der Waals surface area (Å²) in [5.74, 6) is 1.35. The lowest BCUT2D eigenvalue weighted by Gasteiger charge is -2.14. The Hall–Kier alpha value is -1.26. The van der Waals surface area contributed by atoms with Crippen molar-refractivity contribution in [2.45, 2.75) is 20.0 Å². The highest BCUT2D eigenvalue weighted by atomic mass is 16.5. The molecule has 0 saturated carbocycles. The molecule has 0 unspecified atom stereocenters. The number of benzene rings is 1. The van der Waals surface area contributed by atoms with Crippen molar-refractivity contribution in [3.05, 3.63) is 23.8 Å². The Kier molecular flexibility index (Phi) is 5.80. The summed E-state index contributed by atoms with van der Waals surface area (Å²) in [6.45, 7) is 5.31. The summed E-state index contributed by atoms with van der Waals surface area (Å²) in [6.07, 6.45) is -0.567. The third-order valence-corrected chi connectivity index (χ3v) is 2.36. The van der Waals surface area contributed by atoms with E-state index in [0.29, 0.717) is 31.3 Å². The van der Waals surface area contributed by atoms with Gasteiger partial charge < -0.3 is 19.3 Å². The van der Waals surface area contributed by atoms with Crippen molar-refractivity contribution in [1.29, 1.82) is 0 Å². The number of hydrogen-bond donors (Lipinski definition) is 1. The second kappa shape index (κ2) is 7.14. The molecular formula is C13H20O4. The minimum Gasteiger partial charge on any atom is -0.497 e. The Balaban J connectivity index is 2.71. The molecule has 1 N–H and O–H groups in total. The van der Waals surface area contributed by atoms with Crippen LogP contribution in [0.5, 0.6) is 11.5 Å². The van der Waals surface area contributed by atoms with Crippen molar-refractivity contribution in [3.63, 3.8) is 0 Å². The van der Waals surface area contributed by atoms with E-state index >= 15 is 0 Å². The van der Waals surface area contributed by atoms with Crippen LogP contribution in [0, 0.1) is 0 Å². The van der Waals surface area contributed by atoms with E-state index < -0.39 is 6.10 Å². The highest BCUT2D eigenvalue weighted by Gasteiger charge is 2.10. The average molecular weight is 240 g/mol. The van der Waals surface area contributed by atoms with Gasteiger partial charge in [-0.3, -0.25) is 0 Å². The van der Waals surface area contributed by atoms with Gasteiger partial charge in [0.2, 0.25) is 0 Å². The summed E-state index contributed by atoms with van der Waals surface area (Å²) in [6, 6.07) is 5.38. The molecule has 0 amide bonds. The van der Waals surface area contributed by atoms with Crippen molar-refractivity contribution in [2.75, 3.05) is 26.9 Å². The Morgan fingerprint density at radius 2 is 2.06 bits per heavy atom. The number of rotatable bonds is 7. The van der Waals surface area contributed by atoms with E-state index in [-0.39, 0.29) is 0 Å². The van der Waals surface area contributed by atoms with E-state index in [1.807, 2.05) is 6.92 Å². The van der Waals surface area contributed by atoms with E-state index in [9.17, 15) is 5.11 Å². The Morgan fingerprint density at radius 3 is 2.65 bits per heavy atom. The first kappa shape index (κ1) is 13.8. The van der Waals surface area contributed by atoms with Crippen molar-refractivity contribution in [2.24, 2.45) is 0 Å². The van der Waals surface area contributed by atoms with Crippen LogP contribution in [0.4, 0.5) is 0 Å². The van der Waals surface area contributed by atoms with Crippen LogP contribution in [-0.2, 0) is 4.74 Å². The van der Waals surface area contributed by atoms with Gasteiger partial charge in [-0.1, -0.05) is 0 Å². The van der Waals surface area contributed by atoms with E-state index in [4.69, 9.17) is 14.2 Å². The highest BCUT2D eigenvalue weighted by molar-refractivity contribution is 5.41. The minimum absolute atomic E-state index is 0.459. The molecule has 0 radical (unpaired) electrons. The van der Waals surface area contributed by atoms with Crippen molar-refractivity contribution in [3.8, 4) is 11.5 Å². The van der Waals surface area contributed by atoms with Gasteiger partial charge >= 0.3 is 0 Å². The number of ether oxygens (including phenoxy) is 3. The molecule has 1 aromatic carbocycles. The highest BCUT2D eigenvalue weighted by Crippen LogP contribution is 2.29. The fourth-order valence-corrected chi connectivity index (χ4v) is 1.47. The predicted molar refractivity (Wildman–Crippen MR) is 65.6 cm³/mol. The largest absolute Gasteiger partial charge is 0.497 e. The van der Waals surface area contributed by atoms with Crippen LogP contribution in [0.15, 0.2) is 18.2 Å². The lowest BCUT2D eigenvalue weighted by molar-refractivity contribution is 0.107. The summed E-state index contributed by atoms with van der Waals surface area (Å²) < 4.78 is 15.9. The molecule has 96 valence electrons. The van der Waals surface area contributed by atoms with Crippen LogP contribution >= 0.6 is 0 Å². The van der Waals surface area contributed by atoms with Gasteiger partial charge in [0.25, 0.3) is 0 Å². The Labute approximate surface area is 102 Å². The third kappa shape index (κ3) is 4.24. The number of aliphatic hydroxyl groups excluding tert-OH is 1. The first-order valence-electron chi connectivity index (χ1n) is 5.75. The normalized spacial score (nSPS) is 12.2. The van der Waals surface area contributed by atoms with Gasteiger partial charge in [-0.05, 0) is 26.0 Å². The molecule has 0 saturated heterocycles. The number of aliphatic hydroxyl groups is 1. The maximum atomic E-state index is 9.62. The molecule has 0 aliphatic heterocycles. The van der Waals surface area contributed by atoms with Crippen LogP contribution in [0.25, 0.3) is 0 Å². The lowest BCUT2D eigenvalue weighted by Crippen LogP contribution is -2.08. The van der Waals surface area contributed by atoms with Gasteiger partial charge in [0.1, 0.15) is 18.1 Å². The summed E-state index contributed by atoms with van der Waals surface area (Å²) >= 11 is 0. The van der Waals surface area contributed by atoms with Gasteiger partial charge in [-0.25, -0.2) is 0 Å². The monoisotopic (exact) mass is 240 g/mol. The lowest BCUT2D eigenvalue weighted by atomic mass is 10.1. The standard InChI is InChI=1S/C13H20O4/c1-4-16-7-8-17-13-9-11(15-3)5-6-12(13)10(2)14/h5-6,9-10,14H,4,7-8H2,1-3H3/t10-/m0/s1. The fraction of sp³-hybridized carbons (Fsp3) is 0.538. The Bertz CT molecular complexity index is 336. The molecule has 0 aromatic heterocycles. The quantitative estimate of drug-likeness (QED) is 0.742. The maximum Gasteiger partial charge on any atom is 0.128 e. The Morgan fingerprint density at radius 1 is 1.29 bits per heavy atom. The van der Waals surface area contributed by atoms with Crippen LogP contribution in [0.2, 0.25) is 0 Å². The molecule has 0 spiro atoms. The minimum atomic E-state index is -0.567. The van der Waals surface area contributed by atoms with Gasteiger partial charge in [0.15, 0.2) is 0 Å². The second-order valence-corrected chi connectivity index (χ2v) is 3.63. The number of hydrogen-bond acceptors (Lipinski definition) is 4. The summed E-state index contributed by atoms with van der Waals surface area (Å²) in [5, 5.41) is 9.62. The maximum absolute atomic E-state index is 9.62. The summed E-state index contributed by atoms with van der Waals surface area (Å²) in [4.78, 5) is 0. The summed E-state index contributed by atoms with van der Waals surface area (Å²) in [5.41, 5.74) is 0.752. The van der Waals surface area contributed by atoms with E-state index in [1.54, 1.807) is 32.2 Å². The number of methoxy groups -OCH3 is 1.